The molecule has 0 spiro atoms. The molecule has 0 aliphatic heterocycles. The van der Waals surface area contributed by atoms with Gasteiger partial charge in [-0.2, -0.15) is 0 Å². The molecule has 112 valence electrons. The highest BCUT2D eigenvalue weighted by Gasteiger charge is 2.13. The summed E-state index contributed by atoms with van der Waals surface area (Å²) >= 11 is 0. The van der Waals surface area contributed by atoms with Gasteiger partial charge in [-0.3, -0.25) is 4.79 Å². The van der Waals surface area contributed by atoms with Crippen molar-refractivity contribution < 1.29 is 9.21 Å². The standard InChI is InChI=1S/C20H15NO2/c22-14-16-10-11-20(23-16)18-13-21(12-15-6-2-1-3-7-15)19-9-5-4-8-17(18)19/h1-11,13-14H,12H2. The van der Waals surface area contributed by atoms with Gasteiger partial charge in [-0.05, 0) is 23.8 Å². The maximum absolute atomic E-state index is 10.9. The summed E-state index contributed by atoms with van der Waals surface area (Å²) in [5.41, 5.74) is 3.40. The molecule has 0 aliphatic rings. The molecule has 0 saturated carbocycles. The van der Waals surface area contributed by atoms with Crippen molar-refractivity contribution in [1.29, 1.82) is 0 Å². The van der Waals surface area contributed by atoms with E-state index >= 15 is 0 Å². The van der Waals surface area contributed by atoms with Crippen molar-refractivity contribution in [3.8, 4) is 11.3 Å². The third-order valence-corrected chi connectivity index (χ3v) is 3.99. The number of rotatable bonds is 4. The monoisotopic (exact) mass is 301 g/mol. The molecule has 23 heavy (non-hydrogen) atoms. The second kappa shape index (κ2) is 5.61. The quantitative estimate of drug-likeness (QED) is 0.509. The van der Waals surface area contributed by atoms with E-state index in [0.29, 0.717) is 5.76 Å². The first-order valence-corrected chi connectivity index (χ1v) is 7.52. The zero-order chi connectivity index (χ0) is 15.6. The highest BCUT2D eigenvalue weighted by atomic mass is 16.3. The molecule has 3 nitrogen and oxygen atoms in total. The normalized spacial score (nSPS) is 11.0. The second-order valence-electron chi connectivity index (χ2n) is 5.49. The molecule has 4 aromatic rings. The van der Waals surface area contributed by atoms with Crippen molar-refractivity contribution >= 4 is 17.2 Å². The van der Waals surface area contributed by atoms with Gasteiger partial charge in [-0.25, -0.2) is 0 Å². The van der Waals surface area contributed by atoms with Crippen LogP contribution in [0.3, 0.4) is 0 Å². The molecule has 0 fully saturated rings. The predicted octanol–water partition coefficient (Wildman–Crippen LogP) is 4.76. The van der Waals surface area contributed by atoms with Crippen LogP contribution in [0.15, 0.2) is 77.3 Å². The Bertz CT molecular complexity index is 964. The number of furan rings is 1. The summed E-state index contributed by atoms with van der Waals surface area (Å²) in [5.74, 6) is 1.06. The topological polar surface area (TPSA) is 35.1 Å². The molecule has 0 radical (unpaired) electrons. The highest BCUT2D eigenvalue weighted by Crippen LogP contribution is 2.32. The number of para-hydroxylation sites is 1. The lowest BCUT2D eigenvalue weighted by Gasteiger charge is -2.05. The number of carbonyl (C=O) groups is 1. The fraction of sp³-hybridized carbons (Fsp3) is 0.0500. The van der Waals surface area contributed by atoms with Crippen LogP contribution in [-0.2, 0) is 6.54 Å². The van der Waals surface area contributed by atoms with Crippen LogP contribution in [0.5, 0.6) is 0 Å². The Kier molecular flexibility index (Phi) is 3.31. The molecule has 2 aromatic heterocycles. The van der Waals surface area contributed by atoms with Crippen LogP contribution < -0.4 is 0 Å². The maximum atomic E-state index is 10.9. The van der Waals surface area contributed by atoms with Gasteiger partial charge in [0.25, 0.3) is 0 Å². The van der Waals surface area contributed by atoms with Crippen molar-refractivity contribution in [2.45, 2.75) is 6.54 Å². The van der Waals surface area contributed by atoms with Gasteiger partial charge in [0, 0.05) is 29.2 Å². The Morgan fingerprint density at radius 2 is 1.70 bits per heavy atom. The fourth-order valence-electron chi connectivity index (χ4n) is 2.91. The van der Waals surface area contributed by atoms with Crippen molar-refractivity contribution in [3.63, 3.8) is 0 Å². The van der Waals surface area contributed by atoms with Crippen LogP contribution in [0.1, 0.15) is 16.1 Å². The minimum atomic E-state index is 0.347. The van der Waals surface area contributed by atoms with Crippen LogP contribution in [0.25, 0.3) is 22.2 Å². The highest BCUT2D eigenvalue weighted by molar-refractivity contribution is 5.95. The Balaban J connectivity index is 1.84. The van der Waals surface area contributed by atoms with E-state index in [4.69, 9.17) is 4.42 Å². The minimum absolute atomic E-state index is 0.347. The predicted molar refractivity (Wildman–Crippen MR) is 90.6 cm³/mol. The molecule has 3 heteroatoms. The van der Waals surface area contributed by atoms with E-state index in [1.165, 1.54) is 5.56 Å². The maximum Gasteiger partial charge on any atom is 0.185 e. The summed E-state index contributed by atoms with van der Waals surface area (Å²) in [6, 6.07) is 22.1. The van der Waals surface area contributed by atoms with Gasteiger partial charge in [0.05, 0.1) is 0 Å². The molecule has 0 amide bonds. The van der Waals surface area contributed by atoms with Crippen LogP contribution in [0.4, 0.5) is 0 Å². The van der Waals surface area contributed by atoms with E-state index in [-0.39, 0.29) is 0 Å². The number of nitrogens with zero attached hydrogens (tertiary/aromatic N) is 1. The number of fused-ring (bicyclic) bond motifs is 1. The van der Waals surface area contributed by atoms with E-state index < -0.39 is 0 Å². The molecule has 2 heterocycles. The zero-order valence-electron chi connectivity index (χ0n) is 12.5. The molecule has 0 atom stereocenters. The first kappa shape index (κ1) is 13.6. The van der Waals surface area contributed by atoms with Crippen molar-refractivity contribution in [1.82, 2.24) is 4.57 Å². The number of hydrogen-bond donors (Lipinski definition) is 0. The van der Waals surface area contributed by atoms with Gasteiger partial charge < -0.3 is 8.98 Å². The molecule has 0 unspecified atom stereocenters. The second-order valence-corrected chi connectivity index (χ2v) is 5.49. The molecule has 0 aliphatic carbocycles. The number of benzene rings is 2. The van der Waals surface area contributed by atoms with E-state index in [0.717, 1.165) is 35.1 Å². The number of aldehydes is 1. The molecule has 2 aromatic carbocycles. The third kappa shape index (κ3) is 2.46. The first-order valence-electron chi connectivity index (χ1n) is 7.52. The average Bonchev–Trinajstić information content (AvgIpc) is 3.21. The zero-order valence-corrected chi connectivity index (χ0v) is 12.5. The number of carbonyl (C=O) groups excluding carboxylic acids is 1. The van der Waals surface area contributed by atoms with Crippen LogP contribution in [0, 0.1) is 0 Å². The van der Waals surface area contributed by atoms with Crippen LogP contribution >= 0.6 is 0 Å². The molecule has 0 bridgehead atoms. The average molecular weight is 301 g/mol. The van der Waals surface area contributed by atoms with Crippen LogP contribution in [-0.4, -0.2) is 10.9 Å². The number of aromatic nitrogens is 1. The first-order chi connectivity index (χ1) is 11.3. The van der Waals surface area contributed by atoms with E-state index in [9.17, 15) is 4.79 Å². The summed E-state index contributed by atoms with van der Waals surface area (Å²) in [5, 5.41) is 1.12. The summed E-state index contributed by atoms with van der Waals surface area (Å²) in [4.78, 5) is 10.9. The van der Waals surface area contributed by atoms with Crippen LogP contribution in [0.2, 0.25) is 0 Å². The van der Waals surface area contributed by atoms with Gasteiger partial charge in [0.2, 0.25) is 0 Å². The van der Waals surface area contributed by atoms with E-state index in [1.807, 2.05) is 36.4 Å². The molecule has 0 N–H and O–H groups in total. The smallest absolute Gasteiger partial charge is 0.185 e. The Labute approximate surface area is 133 Å². The third-order valence-electron chi connectivity index (χ3n) is 3.99. The Morgan fingerprint density at radius 3 is 2.48 bits per heavy atom. The lowest BCUT2D eigenvalue weighted by molar-refractivity contribution is 0.110. The van der Waals surface area contributed by atoms with Gasteiger partial charge in [-0.1, -0.05) is 48.5 Å². The van der Waals surface area contributed by atoms with Crippen molar-refractivity contribution in [3.05, 3.63) is 84.3 Å². The minimum Gasteiger partial charge on any atom is -0.453 e. The van der Waals surface area contributed by atoms with E-state index in [1.54, 1.807) is 6.07 Å². The molecule has 4 rings (SSSR count). The molecule has 0 saturated heterocycles. The summed E-state index contributed by atoms with van der Waals surface area (Å²) in [6.45, 7) is 0.794. The van der Waals surface area contributed by atoms with Gasteiger partial charge in [0.1, 0.15) is 5.76 Å². The summed E-state index contributed by atoms with van der Waals surface area (Å²) < 4.78 is 7.82. The van der Waals surface area contributed by atoms with Gasteiger partial charge in [0.15, 0.2) is 12.0 Å². The van der Waals surface area contributed by atoms with Crippen molar-refractivity contribution in [2.75, 3.05) is 0 Å². The van der Waals surface area contributed by atoms with E-state index in [2.05, 4.69) is 35.0 Å². The lowest BCUT2D eigenvalue weighted by atomic mass is 10.1. The molecular formula is C20H15NO2. The van der Waals surface area contributed by atoms with Crippen molar-refractivity contribution in [2.24, 2.45) is 0 Å². The van der Waals surface area contributed by atoms with Gasteiger partial charge >= 0.3 is 0 Å². The summed E-state index contributed by atoms with van der Waals surface area (Å²) in [6.07, 6.45) is 2.82. The largest absolute Gasteiger partial charge is 0.453 e. The fourth-order valence-corrected chi connectivity index (χ4v) is 2.91. The summed E-state index contributed by atoms with van der Waals surface area (Å²) in [7, 11) is 0. The lowest BCUT2D eigenvalue weighted by Crippen LogP contribution is -1.97. The van der Waals surface area contributed by atoms with Gasteiger partial charge in [-0.15, -0.1) is 0 Å². The Morgan fingerprint density at radius 1 is 0.913 bits per heavy atom. The number of hydrogen-bond acceptors (Lipinski definition) is 2. The molecular weight excluding hydrogens is 286 g/mol. The SMILES string of the molecule is O=Cc1ccc(-c2cn(Cc3ccccc3)c3ccccc23)o1. The Hall–Kier alpha value is -3.07.